The van der Waals surface area contributed by atoms with Crippen LogP contribution in [0.5, 0.6) is 0 Å². The first-order valence-corrected chi connectivity index (χ1v) is 4.82. The summed E-state index contributed by atoms with van der Waals surface area (Å²) in [6.45, 7) is 0.450. The van der Waals surface area contributed by atoms with Crippen LogP contribution in [-0.4, -0.2) is 0 Å². The van der Waals surface area contributed by atoms with E-state index in [0.717, 1.165) is 9.13 Å². The second-order valence-corrected chi connectivity index (χ2v) is 4.04. The molecule has 1 aromatic rings. The average molecular weight is 302 g/mol. The molecule has 0 atom stereocenters. The summed E-state index contributed by atoms with van der Waals surface area (Å²) in [7, 11) is 0. The molecule has 0 aliphatic carbocycles. The van der Waals surface area contributed by atoms with Crippen LogP contribution >= 0.6 is 45.8 Å². The first-order chi connectivity index (χ1) is 5.15. The van der Waals surface area contributed by atoms with Crippen LogP contribution in [0.4, 0.5) is 0 Å². The molecule has 60 valence electrons. The van der Waals surface area contributed by atoms with E-state index in [2.05, 4.69) is 22.6 Å². The average Bonchev–Trinajstić information content (AvgIpc) is 1.97. The summed E-state index contributed by atoms with van der Waals surface area (Å²) in [5, 5.41) is 1.31. The Kier molecular flexibility index (Phi) is 3.43. The van der Waals surface area contributed by atoms with Crippen molar-refractivity contribution in [3.05, 3.63) is 31.3 Å². The Hall–Kier alpha value is 0.490. The molecule has 0 heterocycles. The topological polar surface area (TPSA) is 26.0 Å². The molecule has 0 aliphatic rings. The summed E-state index contributed by atoms with van der Waals surface area (Å²) >= 11 is 13.8. The third-order valence-corrected chi connectivity index (χ3v) is 3.19. The lowest BCUT2D eigenvalue weighted by atomic mass is 10.2. The zero-order valence-electron chi connectivity index (χ0n) is 5.57. The Morgan fingerprint density at radius 1 is 1.27 bits per heavy atom. The van der Waals surface area contributed by atoms with Crippen LogP contribution in [0, 0.1) is 3.57 Å². The van der Waals surface area contributed by atoms with E-state index < -0.39 is 0 Å². The molecule has 1 nitrogen and oxygen atoms in total. The van der Waals surface area contributed by atoms with Crippen molar-refractivity contribution in [1.82, 2.24) is 0 Å². The van der Waals surface area contributed by atoms with Crippen LogP contribution in [0.15, 0.2) is 12.1 Å². The smallest absolute Gasteiger partial charge is 0.0554 e. The van der Waals surface area contributed by atoms with Gasteiger partial charge in [0.2, 0.25) is 0 Å². The fourth-order valence-electron chi connectivity index (χ4n) is 0.720. The van der Waals surface area contributed by atoms with E-state index in [-0.39, 0.29) is 0 Å². The van der Waals surface area contributed by atoms with Crippen molar-refractivity contribution in [3.63, 3.8) is 0 Å². The lowest BCUT2D eigenvalue weighted by Crippen LogP contribution is -1.97. The molecule has 1 aromatic carbocycles. The molecule has 1 rings (SSSR count). The van der Waals surface area contributed by atoms with Gasteiger partial charge in [0, 0.05) is 15.1 Å². The monoisotopic (exact) mass is 301 g/mol. The number of benzene rings is 1. The fraction of sp³-hybridized carbons (Fsp3) is 0.143. The van der Waals surface area contributed by atoms with Gasteiger partial charge in [-0.15, -0.1) is 0 Å². The standard InChI is InChI=1S/C7H6Cl2IN/c8-5-2-6(9)7(10)1-4(5)3-11/h1-2H,3,11H2. The Labute approximate surface area is 89.0 Å². The van der Waals surface area contributed by atoms with Gasteiger partial charge < -0.3 is 5.73 Å². The predicted octanol–water partition coefficient (Wildman–Crippen LogP) is 3.06. The minimum Gasteiger partial charge on any atom is -0.326 e. The second kappa shape index (κ2) is 3.94. The first kappa shape index (κ1) is 9.58. The summed E-state index contributed by atoms with van der Waals surface area (Å²) in [4.78, 5) is 0. The summed E-state index contributed by atoms with van der Waals surface area (Å²) in [5.74, 6) is 0. The van der Waals surface area contributed by atoms with E-state index in [1.54, 1.807) is 6.07 Å². The van der Waals surface area contributed by atoms with E-state index in [1.807, 2.05) is 6.07 Å². The van der Waals surface area contributed by atoms with Gasteiger partial charge in [0.15, 0.2) is 0 Å². The van der Waals surface area contributed by atoms with Crippen LogP contribution in [0.1, 0.15) is 5.56 Å². The highest BCUT2D eigenvalue weighted by molar-refractivity contribution is 14.1. The molecule has 0 saturated carbocycles. The van der Waals surface area contributed by atoms with Crippen LogP contribution in [0.25, 0.3) is 0 Å². The van der Waals surface area contributed by atoms with Crippen molar-refractivity contribution in [2.45, 2.75) is 6.54 Å². The molecular formula is C7H6Cl2IN. The molecule has 0 unspecified atom stereocenters. The maximum Gasteiger partial charge on any atom is 0.0554 e. The van der Waals surface area contributed by atoms with Crippen molar-refractivity contribution >= 4 is 45.8 Å². The molecule has 0 spiro atoms. The predicted molar refractivity (Wildman–Crippen MR) is 57.1 cm³/mol. The van der Waals surface area contributed by atoms with Crippen molar-refractivity contribution in [3.8, 4) is 0 Å². The van der Waals surface area contributed by atoms with Gasteiger partial charge in [-0.1, -0.05) is 23.2 Å². The Morgan fingerprint density at radius 2 is 1.91 bits per heavy atom. The van der Waals surface area contributed by atoms with Crippen LogP contribution in [0.2, 0.25) is 10.0 Å². The maximum absolute atomic E-state index is 5.83. The lowest BCUT2D eigenvalue weighted by molar-refractivity contribution is 1.07. The highest BCUT2D eigenvalue weighted by Gasteiger charge is 2.02. The lowest BCUT2D eigenvalue weighted by Gasteiger charge is -2.02. The Morgan fingerprint density at radius 3 is 2.45 bits per heavy atom. The number of halogens is 3. The van der Waals surface area contributed by atoms with Gasteiger partial charge in [-0.2, -0.15) is 0 Å². The molecule has 0 aromatic heterocycles. The number of hydrogen-bond donors (Lipinski definition) is 1. The molecule has 0 aliphatic heterocycles. The normalized spacial score (nSPS) is 10.2. The molecule has 0 bridgehead atoms. The number of nitrogens with two attached hydrogens (primary N) is 1. The minimum atomic E-state index is 0.450. The van der Waals surface area contributed by atoms with Crippen molar-refractivity contribution in [1.29, 1.82) is 0 Å². The summed E-state index contributed by atoms with van der Waals surface area (Å²) < 4.78 is 0.981. The van der Waals surface area contributed by atoms with Gasteiger partial charge in [0.05, 0.1) is 5.02 Å². The van der Waals surface area contributed by atoms with Crippen molar-refractivity contribution in [2.24, 2.45) is 5.73 Å². The number of hydrogen-bond acceptors (Lipinski definition) is 1. The fourth-order valence-corrected chi connectivity index (χ4v) is 1.71. The molecular weight excluding hydrogens is 296 g/mol. The van der Waals surface area contributed by atoms with Gasteiger partial charge in [-0.25, -0.2) is 0 Å². The first-order valence-electron chi connectivity index (χ1n) is 2.98. The Bertz CT molecular complexity index is 275. The zero-order chi connectivity index (χ0) is 8.43. The second-order valence-electron chi connectivity index (χ2n) is 2.06. The Balaban J connectivity index is 3.21. The summed E-state index contributed by atoms with van der Waals surface area (Å²) in [5.41, 5.74) is 6.37. The van der Waals surface area contributed by atoms with E-state index in [0.29, 0.717) is 16.6 Å². The molecule has 0 amide bonds. The SMILES string of the molecule is NCc1cc(I)c(Cl)cc1Cl. The van der Waals surface area contributed by atoms with Crippen molar-refractivity contribution in [2.75, 3.05) is 0 Å². The maximum atomic E-state index is 5.83. The van der Waals surface area contributed by atoms with Crippen LogP contribution in [0.3, 0.4) is 0 Å². The molecule has 0 radical (unpaired) electrons. The number of rotatable bonds is 1. The van der Waals surface area contributed by atoms with E-state index in [9.17, 15) is 0 Å². The highest BCUT2D eigenvalue weighted by Crippen LogP contribution is 2.25. The van der Waals surface area contributed by atoms with E-state index in [1.165, 1.54) is 0 Å². The molecule has 0 fully saturated rings. The van der Waals surface area contributed by atoms with Gasteiger partial charge in [-0.05, 0) is 40.3 Å². The van der Waals surface area contributed by atoms with Gasteiger partial charge >= 0.3 is 0 Å². The van der Waals surface area contributed by atoms with E-state index in [4.69, 9.17) is 28.9 Å². The zero-order valence-corrected chi connectivity index (χ0v) is 9.24. The molecule has 4 heteroatoms. The summed E-state index contributed by atoms with van der Waals surface area (Å²) in [6.07, 6.45) is 0. The van der Waals surface area contributed by atoms with Crippen LogP contribution < -0.4 is 5.73 Å². The quantitative estimate of drug-likeness (QED) is 0.626. The van der Waals surface area contributed by atoms with Crippen LogP contribution in [-0.2, 0) is 6.54 Å². The molecule has 0 saturated heterocycles. The molecule has 2 N–H and O–H groups in total. The van der Waals surface area contributed by atoms with Gasteiger partial charge in [0.1, 0.15) is 0 Å². The highest BCUT2D eigenvalue weighted by atomic mass is 127. The van der Waals surface area contributed by atoms with Crippen molar-refractivity contribution < 1.29 is 0 Å². The minimum absolute atomic E-state index is 0.450. The van der Waals surface area contributed by atoms with Gasteiger partial charge in [-0.3, -0.25) is 0 Å². The largest absolute Gasteiger partial charge is 0.326 e. The summed E-state index contributed by atoms with van der Waals surface area (Å²) in [6, 6.07) is 3.61. The van der Waals surface area contributed by atoms with Gasteiger partial charge in [0.25, 0.3) is 0 Å². The molecule has 11 heavy (non-hydrogen) atoms. The van der Waals surface area contributed by atoms with E-state index >= 15 is 0 Å². The third kappa shape index (κ3) is 2.21. The third-order valence-electron chi connectivity index (χ3n) is 1.31.